The van der Waals surface area contributed by atoms with Gasteiger partial charge in [-0.1, -0.05) is 30.3 Å². The van der Waals surface area contributed by atoms with Crippen molar-refractivity contribution < 1.29 is 19.0 Å². The van der Waals surface area contributed by atoms with Gasteiger partial charge in [-0.05, 0) is 23.8 Å². The van der Waals surface area contributed by atoms with Crippen LogP contribution in [0, 0.1) is 0 Å². The normalized spacial score (nSPS) is 16.0. The Labute approximate surface area is 123 Å². The summed E-state index contributed by atoms with van der Waals surface area (Å²) in [5.41, 5.74) is 1.79. The molecule has 0 saturated heterocycles. The van der Waals surface area contributed by atoms with E-state index < -0.39 is 0 Å². The minimum Gasteiger partial charge on any atom is -0.497 e. The summed E-state index contributed by atoms with van der Waals surface area (Å²) in [6, 6.07) is 15.1. The molecule has 0 saturated carbocycles. The number of hydrogen-bond acceptors (Lipinski definition) is 4. The molecule has 1 aliphatic heterocycles. The lowest BCUT2D eigenvalue weighted by Gasteiger charge is -2.10. The summed E-state index contributed by atoms with van der Waals surface area (Å²) in [5.74, 6) is 0.766. The van der Waals surface area contributed by atoms with Crippen LogP contribution >= 0.6 is 0 Å². The van der Waals surface area contributed by atoms with E-state index in [2.05, 4.69) is 0 Å². The first kappa shape index (κ1) is 13.5. The molecule has 0 radical (unpaired) electrons. The molecule has 21 heavy (non-hydrogen) atoms. The molecule has 4 nitrogen and oxygen atoms in total. The molecule has 0 N–H and O–H groups in total. The standard InChI is InChI=1S/C17H16O4/c1-19-13-7-8-16-14(9-13)15(11-20-16)17(18)21-10-12-5-3-2-4-6-12/h2-9,15H,10-11H2,1H3. The van der Waals surface area contributed by atoms with Crippen molar-refractivity contribution in [1.82, 2.24) is 0 Å². The number of benzene rings is 2. The second-order valence-corrected chi connectivity index (χ2v) is 4.86. The number of carbonyl (C=O) groups is 1. The van der Waals surface area contributed by atoms with Crippen LogP contribution in [0.1, 0.15) is 17.0 Å². The van der Waals surface area contributed by atoms with E-state index in [1.165, 1.54) is 0 Å². The average molecular weight is 284 g/mol. The third-order valence-electron chi connectivity index (χ3n) is 3.51. The Hall–Kier alpha value is -2.49. The number of carbonyl (C=O) groups excluding carboxylic acids is 1. The Morgan fingerprint density at radius 3 is 2.81 bits per heavy atom. The molecule has 1 heterocycles. The zero-order valence-corrected chi connectivity index (χ0v) is 11.7. The van der Waals surface area contributed by atoms with Gasteiger partial charge < -0.3 is 14.2 Å². The van der Waals surface area contributed by atoms with Crippen molar-refractivity contribution in [2.45, 2.75) is 12.5 Å². The van der Waals surface area contributed by atoms with Crippen LogP contribution in [-0.2, 0) is 16.1 Å². The van der Waals surface area contributed by atoms with Gasteiger partial charge in [-0.15, -0.1) is 0 Å². The highest BCUT2D eigenvalue weighted by molar-refractivity contribution is 5.80. The Kier molecular flexibility index (Phi) is 3.77. The van der Waals surface area contributed by atoms with E-state index in [1.807, 2.05) is 48.5 Å². The number of esters is 1. The molecule has 0 spiro atoms. The van der Waals surface area contributed by atoms with Gasteiger partial charge >= 0.3 is 5.97 Å². The topological polar surface area (TPSA) is 44.8 Å². The molecule has 2 aromatic carbocycles. The molecule has 0 aliphatic carbocycles. The van der Waals surface area contributed by atoms with Crippen LogP contribution in [0.15, 0.2) is 48.5 Å². The van der Waals surface area contributed by atoms with Crippen molar-refractivity contribution in [2.75, 3.05) is 13.7 Å². The van der Waals surface area contributed by atoms with Crippen LogP contribution in [0.25, 0.3) is 0 Å². The van der Waals surface area contributed by atoms with Gasteiger partial charge in [-0.3, -0.25) is 4.79 Å². The van der Waals surface area contributed by atoms with E-state index in [-0.39, 0.29) is 18.5 Å². The van der Waals surface area contributed by atoms with E-state index >= 15 is 0 Å². The van der Waals surface area contributed by atoms with Crippen LogP contribution in [0.5, 0.6) is 11.5 Å². The zero-order chi connectivity index (χ0) is 14.7. The molecule has 0 amide bonds. The van der Waals surface area contributed by atoms with E-state index in [4.69, 9.17) is 14.2 Å². The highest BCUT2D eigenvalue weighted by Crippen LogP contribution is 2.37. The number of rotatable bonds is 4. The molecule has 1 atom stereocenters. The molecule has 4 heteroatoms. The second kappa shape index (κ2) is 5.87. The molecule has 0 aromatic heterocycles. The van der Waals surface area contributed by atoms with Gasteiger partial charge in [0.05, 0.1) is 7.11 Å². The molecule has 1 aliphatic rings. The first-order valence-corrected chi connectivity index (χ1v) is 6.79. The van der Waals surface area contributed by atoms with Gasteiger partial charge in [0.2, 0.25) is 0 Å². The van der Waals surface area contributed by atoms with E-state index in [0.29, 0.717) is 12.4 Å². The van der Waals surface area contributed by atoms with Crippen molar-refractivity contribution in [2.24, 2.45) is 0 Å². The Morgan fingerprint density at radius 2 is 2.05 bits per heavy atom. The van der Waals surface area contributed by atoms with Crippen molar-refractivity contribution in [3.63, 3.8) is 0 Å². The van der Waals surface area contributed by atoms with Gasteiger partial charge in [0, 0.05) is 5.56 Å². The average Bonchev–Trinajstić information content (AvgIpc) is 2.96. The maximum absolute atomic E-state index is 12.2. The van der Waals surface area contributed by atoms with E-state index in [9.17, 15) is 4.79 Å². The molecule has 0 bridgehead atoms. The van der Waals surface area contributed by atoms with Crippen LogP contribution in [0.2, 0.25) is 0 Å². The van der Waals surface area contributed by atoms with Crippen molar-refractivity contribution in [3.8, 4) is 11.5 Å². The quantitative estimate of drug-likeness (QED) is 0.810. The third-order valence-corrected chi connectivity index (χ3v) is 3.51. The third kappa shape index (κ3) is 2.84. The van der Waals surface area contributed by atoms with Crippen LogP contribution in [0.4, 0.5) is 0 Å². The fourth-order valence-corrected chi connectivity index (χ4v) is 2.34. The summed E-state index contributed by atoms with van der Waals surface area (Å²) in [5, 5.41) is 0. The summed E-state index contributed by atoms with van der Waals surface area (Å²) in [4.78, 5) is 12.2. The maximum atomic E-state index is 12.2. The smallest absolute Gasteiger partial charge is 0.317 e. The van der Waals surface area contributed by atoms with Crippen molar-refractivity contribution >= 4 is 5.97 Å². The van der Waals surface area contributed by atoms with Crippen molar-refractivity contribution in [3.05, 3.63) is 59.7 Å². The maximum Gasteiger partial charge on any atom is 0.317 e. The number of fused-ring (bicyclic) bond motifs is 1. The molecule has 0 fully saturated rings. The first-order valence-electron chi connectivity index (χ1n) is 6.79. The number of hydrogen-bond donors (Lipinski definition) is 0. The van der Waals surface area contributed by atoms with E-state index in [0.717, 1.165) is 16.9 Å². The zero-order valence-electron chi connectivity index (χ0n) is 11.7. The monoisotopic (exact) mass is 284 g/mol. The largest absolute Gasteiger partial charge is 0.497 e. The SMILES string of the molecule is COc1ccc2c(c1)C(C(=O)OCc1ccccc1)CO2. The summed E-state index contributed by atoms with van der Waals surface area (Å²) in [6.45, 7) is 0.589. The molecular weight excluding hydrogens is 268 g/mol. The minimum absolute atomic E-state index is 0.272. The predicted molar refractivity (Wildman–Crippen MR) is 77.5 cm³/mol. The van der Waals surface area contributed by atoms with Gasteiger partial charge in [0.15, 0.2) is 0 Å². The fraction of sp³-hybridized carbons (Fsp3) is 0.235. The molecule has 108 valence electrons. The summed E-state index contributed by atoms with van der Waals surface area (Å²) < 4.78 is 16.1. The summed E-state index contributed by atoms with van der Waals surface area (Å²) >= 11 is 0. The highest BCUT2D eigenvalue weighted by atomic mass is 16.5. The van der Waals surface area contributed by atoms with Gasteiger partial charge in [-0.25, -0.2) is 0 Å². The predicted octanol–water partition coefficient (Wildman–Crippen LogP) is 2.91. The molecule has 1 unspecified atom stereocenters. The molecular formula is C17H16O4. The lowest BCUT2D eigenvalue weighted by molar-refractivity contribution is -0.147. The lowest BCUT2D eigenvalue weighted by atomic mass is 10.0. The highest BCUT2D eigenvalue weighted by Gasteiger charge is 2.32. The van der Waals surface area contributed by atoms with Gasteiger partial charge in [0.1, 0.15) is 30.6 Å². The molecule has 3 rings (SSSR count). The van der Waals surface area contributed by atoms with Gasteiger partial charge in [0.25, 0.3) is 0 Å². The van der Waals surface area contributed by atoms with Crippen LogP contribution < -0.4 is 9.47 Å². The fourth-order valence-electron chi connectivity index (χ4n) is 2.34. The van der Waals surface area contributed by atoms with Gasteiger partial charge in [-0.2, -0.15) is 0 Å². The minimum atomic E-state index is -0.390. The lowest BCUT2D eigenvalue weighted by Crippen LogP contribution is -2.17. The summed E-state index contributed by atoms with van der Waals surface area (Å²) in [7, 11) is 1.60. The Balaban J connectivity index is 1.70. The Morgan fingerprint density at radius 1 is 1.24 bits per heavy atom. The van der Waals surface area contributed by atoms with E-state index in [1.54, 1.807) is 7.11 Å². The second-order valence-electron chi connectivity index (χ2n) is 4.86. The summed E-state index contributed by atoms with van der Waals surface area (Å²) in [6.07, 6.45) is 0. The molecule has 2 aromatic rings. The van der Waals surface area contributed by atoms with Crippen molar-refractivity contribution in [1.29, 1.82) is 0 Å². The van der Waals surface area contributed by atoms with Crippen LogP contribution in [-0.4, -0.2) is 19.7 Å². The number of ether oxygens (including phenoxy) is 3. The first-order chi connectivity index (χ1) is 10.3. The Bertz CT molecular complexity index is 636. The van der Waals surface area contributed by atoms with Crippen LogP contribution in [0.3, 0.4) is 0 Å². The number of methoxy groups -OCH3 is 1.